The molecule has 20 heavy (non-hydrogen) atoms. The number of amides is 2. The molecular weight excluding hydrogens is 256 g/mol. The second-order valence-corrected chi connectivity index (χ2v) is 7.29. The van der Waals surface area contributed by atoms with Gasteiger partial charge in [0, 0.05) is 17.5 Å². The van der Waals surface area contributed by atoms with E-state index in [0.29, 0.717) is 0 Å². The van der Waals surface area contributed by atoms with Crippen molar-refractivity contribution in [2.75, 3.05) is 7.11 Å². The standard InChI is InChI=1S/C15H28N2O3/c1-10(2)12(18)16-11-7-14(3,4)9-15(5,8-11)17-13(19)20-6/h10-11H,7-9H2,1-6H3,(H,16,18)(H,17,19). The van der Waals surface area contributed by atoms with E-state index < -0.39 is 6.09 Å². The summed E-state index contributed by atoms with van der Waals surface area (Å²) in [4.78, 5) is 23.4. The maximum Gasteiger partial charge on any atom is 0.407 e. The van der Waals surface area contributed by atoms with Gasteiger partial charge in [0.2, 0.25) is 5.91 Å². The smallest absolute Gasteiger partial charge is 0.407 e. The molecule has 0 aromatic heterocycles. The zero-order valence-corrected chi connectivity index (χ0v) is 13.5. The highest BCUT2D eigenvalue weighted by Crippen LogP contribution is 2.41. The van der Waals surface area contributed by atoms with Gasteiger partial charge < -0.3 is 15.4 Å². The molecule has 2 N–H and O–H groups in total. The summed E-state index contributed by atoms with van der Waals surface area (Å²) >= 11 is 0. The van der Waals surface area contributed by atoms with Gasteiger partial charge in [-0.3, -0.25) is 4.79 Å². The Morgan fingerprint density at radius 1 is 1.20 bits per heavy atom. The molecule has 0 radical (unpaired) electrons. The van der Waals surface area contributed by atoms with Crippen LogP contribution in [-0.4, -0.2) is 30.7 Å². The van der Waals surface area contributed by atoms with Crippen molar-refractivity contribution in [1.29, 1.82) is 0 Å². The third-order valence-electron chi connectivity index (χ3n) is 3.82. The van der Waals surface area contributed by atoms with Gasteiger partial charge in [-0.1, -0.05) is 27.7 Å². The number of hydrogen-bond donors (Lipinski definition) is 2. The average molecular weight is 284 g/mol. The highest BCUT2D eigenvalue weighted by atomic mass is 16.5. The van der Waals surface area contributed by atoms with Crippen LogP contribution in [0.5, 0.6) is 0 Å². The van der Waals surface area contributed by atoms with Crippen molar-refractivity contribution < 1.29 is 14.3 Å². The van der Waals surface area contributed by atoms with Gasteiger partial charge in [0.1, 0.15) is 0 Å². The van der Waals surface area contributed by atoms with Crippen LogP contribution in [0.1, 0.15) is 53.9 Å². The predicted octanol–water partition coefficient (Wildman–Crippen LogP) is 2.45. The third-order valence-corrected chi connectivity index (χ3v) is 3.82. The maximum absolute atomic E-state index is 11.9. The largest absolute Gasteiger partial charge is 0.453 e. The van der Waals surface area contributed by atoms with Crippen LogP contribution in [0.2, 0.25) is 0 Å². The van der Waals surface area contributed by atoms with Crippen LogP contribution in [-0.2, 0) is 9.53 Å². The number of hydrogen-bond acceptors (Lipinski definition) is 3. The highest BCUT2D eigenvalue weighted by Gasteiger charge is 2.42. The lowest BCUT2D eigenvalue weighted by molar-refractivity contribution is -0.125. The minimum Gasteiger partial charge on any atom is -0.453 e. The van der Waals surface area contributed by atoms with E-state index in [-0.39, 0.29) is 28.8 Å². The second-order valence-electron chi connectivity index (χ2n) is 7.29. The minimum absolute atomic E-state index is 0.0279. The summed E-state index contributed by atoms with van der Waals surface area (Å²) in [7, 11) is 1.37. The van der Waals surface area contributed by atoms with E-state index >= 15 is 0 Å². The van der Waals surface area contributed by atoms with Crippen LogP contribution in [0.3, 0.4) is 0 Å². The number of ether oxygens (including phenoxy) is 1. The van der Waals surface area contributed by atoms with Crippen LogP contribution in [0, 0.1) is 11.3 Å². The summed E-state index contributed by atoms with van der Waals surface area (Å²) in [6.45, 7) is 10.1. The van der Waals surface area contributed by atoms with E-state index in [1.807, 2.05) is 20.8 Å². The summed E-state index contributed by atoms with van der Waals surface area (Å²) in [6.07, 6.45) is 2.09. The van der Waals surface area contributed by atoms with Crippen molar-refractivity contribution in [2.45, 2.75) is 65.5 Å². The topological polar surface area (TPSA) is 67.4 Å². The molecule has 0 aliphatic heterocycles. The lowest BCUT2D eigenvalue weighted by Crippen LogP contribution is -2.57. The monoisotopic (exact) mass is 284 g/mol. The Balaban J connectivity index is 2.79. The number of methoxy groups -OCH3 is 1. The SMILES string of the molecule is COC(=O)NC1(C)CC(NC(=O)C(C)C)CC(C)(C)C1. The van der Waals surface area contributed by atoms with E-state index in [0.717, 1.165) is 19.3 Å². The van der Waals surface area contributed by atoms with Crippen molar-refractivity contribution in [1.82, 2.24) is 10.6 Å². The van der Waals surface area contributed by atoms with Gasteiger partial charge in [-0.2, -0.15) is 0 Å². The Morgan fingerprint density at radius 2 is 1.80 bits per heavy atom. The molecule has 2 amide bonds. The summed E-state index contributed by atoms with van der Waals surface area (Å²) in [5, 5.41) is 6.01. The van der Waals surface area contributed by atoms with Crippen molar-refractivity contribution in [3.8, 4) is 0 Å². The molecule has 5 nitrogen and oxygen atoms in total. The molecule has 0 spiro atoms. The molecule has 0 aromatic rings. The first-order valence-corrected chi connectivity index (χ1v) is 7.23. The Kier molecular flexibility index (Phi) is 5.05. The summed E-state index contributed by atoms with van der Waals surface area (Å²) in [5.74, 6) is 0.0352. The van der Waals surface area contributed by atoms with Crippen LogP contribution >= 0.6 is 0 Å². The Morgan fingerprint density at radius 3 is 2.30 bits per heavy atom. The third kappa shape index (κ3) is 4.69. The van der Waals surface area contributed by atoms with Gasteiger partial charge >= 0.3 is 6.09 Å². The van der Waals surface area contributed by atoms with E-state index in [1.54, 1.807) is 0 Å². The van der Waals surface area contributed by atoms with Crippen LogP contribution < -0.4 is 10.6 Å². The maximum atomic E-state index is 11.9. The second kappa shape index (κ2) is 6.02. The molecule has 2 unspecified atom stereocenters. The zero-order chi connectivity index (χ0) is 15.6. The van der Waals surface area contributed by atoms with E-state index in [1.165, 1.54) is 7.11 Å². The average Bonchev–Trinajstić information content (AvgIpc) is 2.24. The van der Waals surface area contributed by atoms with E-state index in [4.69, 9.17) is 4.74 Å². The highest BCUT2D eigenvalue weighted by molar-refractivity contribution is 5.78. The molecule has 5 heteroatoms. The van der Waals surface area contributed by atoms with Gasteiger partial charge in [-0.25, -0.2) is 4.79 Å². The first-order valence-electron chi connectivity index (χ1n) is 7.23. The quantitative estimate of drug-likeness (QED) is 0.836. The van der Waals surface area contributed by atoms with E-state index in [2.05, 4.69) is 24.5 Å². The fourth-order valence-electron chi connectivity index (χ4n) is 3.35. The molecule has 116 valence electrons. The first-order chi connectivity index (χ1) is 9.07. The number of alkyl carbamates (subject to hydrolysis) is 1. The molecule has 0 saturated heterocycles. The molecule has 1 rings (SSSR count). The van der Waals surface area contributed by atoms with Crippen molar-refractivity contribution in [3.05, 3.63) is 0 Å². The number of rotatable bonds is 3. The molecule has 0 heterocycles. The summed E-state index contributed by atoms with van der Waals surface area (Å²) in [6, 6.07) is 0.0795. The first kappa shape index (κ1) is 16.8. The molecule has 1 aliphatic carbocycles. The molecule has 1 saturated carbocycles. The van der Waals surface area contributed by atoms with Crippen molar-refractivity contribution in [2.24, 2.45) is 11.3 Å². The predicted molar refractivity (Wildman–Crippen MR) is 78.3 cm³/mol. The minimum atomic E-state index is -0.417. The molecule has 2 atom stereocenters. The van der Waals surface area contributed by atoms with Gasteiger partial charge in [-0.15, -0.1) is 0 Å². The van der Waals surface area contributed by atoms with Crippen LogP contribution in [0.15, 0.2) is 0 Å². The molecule has 1 aliphatic rings. The van der Waals surface area contributed by atoms with Crippen LogP contribution in [0.25, 0.3) is 0 Å². The number of nitrogens with one attached hydrogen (secondary N) is 2. The van der Waals surface area contributed by atoms with Gasteiger partial charge in [0.05, 0.1) is 7.11 Å². The zero-order valence-electron chi connectivity index (χ0n) is 13.5. The van der Waals surface area contributed by atoms with Crippen molar-refractivity contribution >= 4 is 12.0 Å². The Hall–Kier alpha value is -1.26. The molecule has 1 fully saturated rings. The number of carbonyl (C=O) groups is 2. The van der Waals surface area contributed by atoms with Gasteiger partial charge in [-0.05, 0) is 31.6 Å². The Bertz CT molecular complexity index is 379. The van der Waals surface area contributed by atoms with Gasteiger partial charge in [0.15, 0.2) is 0 Å². The summed E-state index contributed by atoms with van der Waals surface area (Å²) < 4.78 is 4.70. The van der Waals surface area contributed by atoms with Gasteiger partial charge in [0.25, 0.3) is 0 Å². The summed E-state index contributed by atoms with van der Waals surface area (Å²) in [5.41, 5.74) is -0.299. The lowest BCUT2D eigenvalue weighted by atomic mass is 9.66. The normalized spacial score (nSPS) is 28.9. The molecule has 0 aromatic carbocycles. The van der Waals surface area contributed by atoms with Crippen LogP contribution in [0.4, 0.5) is 4.79 Å². The molecular formula is C15H28N2O3. The lowest BCUT2D eigenvalue weighted by Gasteiger charge is -2.46. The Labute approximate surface area is 121 Å². The number of carbonyl (C=O) groups excluding carboxylic acids is 2. The molecule has 0 bridgehead atoms. The van der Waals surface area contributed by atoms with Crippen molar-refractivity contribution in [3.63, 3.8) is 0 Å². The fraction of sp³-hybridized carbons (Fsp3) is 0.867. The van der Waals surface area contributed by atoms with E-state index in [9.17, 15) is 9.59 Å². The fourth-order valence-corrected chi connectivity index (χ4v) is 3.35.